The summed E-state index contributed by atoms with van der Waals surface area (Å²) in [7, 11) is 0. The number of nitrogens with two attached hydrogens (primary N) is 1. The first-order valence-corrected chi connectivity index (χ1v) is 7.28. The minimum Gasteiger partial charge on any atom is -0.490 e. The lowest BCUT2D eigenvalue weighted by molar-refractivity contribution is 0.107. The molecule has 0 bridgehead atoms. The van der Waals surface area contributed by atoms with Crippen LogP contribution < -0.4 is 10.5 Å². The second kappa shape index (κ2) is 6.88. The van der Waals surface area contributed by atoms with Gasteiger partial charge in [0, 0.05) is 16.1 Å². The molecule has 2 atom stereocenters. The van der Waals surface area contributed by atoms with Crippen LogP contribution in [0.1, 0.15) is 30.2 Å². The van der Waals surface area contributed by atoms with E-state index in [1.807, 2.05) is 55.5 Å². The average molecular weight is 336 g/mol. The maximum Gasteiger partial charge on any atom is 0.124 e. The standard InChI is InChI=1S/C16H18BrNO2/c1-11(18)14-9-13(17)7-8-16(14)20-10-15(19)12-5-3-2-4-6-12/h2-9,11,15,19H,10,18H2,1H3/t11-,15?/m1/s1. The maximum atomic E-state index is 10.1. The third-order valence-corrected chi connectivity index (χ3v) is 3.54. The zero-order valence-corrected chi connectivity index (χ0v) is 12.9. The van der Waals surface area contributed by atoms with Crippen LogP contribution in [0.5, 0.6) is 5.75 Å². The monoisotopic (exact) mass is 335 g/mol. The van der Waals surface area contributed by atoms with Crippen LogP contribution in [0.3, 0.4) is 0 Å². The first kappa shape index (κ1) is 15.0. The molecule has 0 radical (unpaired) electrons. The molecule has 3 nitrogen and oxygen atoms in total. The van der Waals surface area contributed by atoms with E-state index in [1.165, 1.54) is 0 Å². The van der Waals surface area contributed by atoms with Gasteiger partial charge < -0.3 is 15.6 Å². The smallest absolute Gasteiger partial charge is 0.124 e. The molecule has 0 saturated heterocycles. The van der Waals surface area contributed by atoms with E-state index in [4.69, 9.17) is 10.5 Å². The van der Waals surface area contributed by atoms with Crippen LogP contribution in [-0.2, 0) is 0 Å². The van der Waals surface area contributed by atoms with Crippen molar-refractivity contribution in [1.82, 2.24) is 0 Å². The van der Waals surface area contributed by atoms with Gasteiger partial charge in [0.05, 0.1) is 0 Å². The van der Waals surface area contributed by atoms with Crippen LogP contribution in [0.15, 0.2) is 53.0 Å². The van der Waals surface area contributed by atoms with Crippen molar-refractivity contribution in [2.24, 2.45) is 5.73 Å². The number of ether oxygens (including phenoxy) is 1. The Labute approximate surface area is 127 Å². The van der Waals surface area contributed by atoms with E-state index in [2.05, 4.69) is 15.9 Å². The van der Waals surface area contributed by atoms with Crippen molar-refractivity contribution in [3.63, 3.8) is 0 Å². The molecule has 2 aromatic carbocycles. The number of aliphatic hydroxyl groups is 1. The van der Waals surface area contributed by atoms with Crippen LogP contribution >= 0.6 is 15.9 Å². The van der Waals surface area contributed by atoms with Gasteiger partial charge in [-0.2, -0.15) is 0 Å². The highest BCUT2D eigenvalue weighted by molar-refractivity contribution is 9.10. The Balaban J connectivity index is 2.08. The van der Waals surface area contributed by atoms with E-state index in [-0.39, 0.29) is 12.6 Å². The van der Waals surface area contributed by atoms with E-state index in [0.717, 1.165) is 15.6 Å². The molecule has 4 heteroatoms. The van der Waals surface area contributed by atoms with Crippen LogP contribution in [0.4, 0.5) is 0 Å². The SMILES string of the molecule is C[C@@H](N)c1cc(Br)ccc1OCC(O)c1ccccc1. The molecule has 0 fully saturated rings. The molecule has 0 aliphatic carbocycles. The highest BCUT2D eigenvalue weighted by Gasteiger charge is 2.12. The molecule has 2 rings (SSSR count). The van der Waals surface area contributed by atoms with E-state index in [1.54, 1.807) is 0 Å². The number of benzene rings is 2. The van der Waals surface area contributed by atoms with E-state index in [0.29, 0.717) is 5.75 Å². The van der Waals surface area contributed by atoms with Crippen molar-refractivity contribution in [3.8, 4) is 5.75 Å². The fraction of sp³-hybridized carbons (Fsp3) is 0.250. The van der Waals surface area contributed by atoms with Gasteiger partial charge in [0.1, 0.15) is 18.5 Å². The fourth-order valence-corrected chi connectivity index (χ4v) is 2.33. The van der Waals surface area contributed by atoms with Crippen LogP contribution in [0.2, 0.25) is 0 Å². The van der Waals surface area contributed by atoms with Gasteiger partial charge in [-0.05, 0) is 30.7 Å². The van der Waals surface area contributed by atoms with E-state index < -0.39 is 6.10 Å². The van der Waals surface area contributed by atoms with Gasteiger partial charge in [0.2, 0.25) is 0 Å². The molecule has 20 heavy (non-hydrogen) atoms. The third kappa shape index (κ3) is 3.82. The lowest BCUT2D eigenvalue weighted by atomic mass is 10.1. The number of hydrogen-bond acceptors (Lipinski definition) is 3. The van der Waals surface area contributed by atoms with Crippen molar-refractivity contribution in [3.05, 3.63) is 64.1 Å². The second-order valence-electron chi connectivity index (χ2n) is 4.71. The highest BCUT2D eigenvalue weighted by atomic mass is 79.9. The minimum atomic E-state index is -0.652. The maximum absolute atomic E-state index is 10.1. The van der Waals surface area contributed by atoms with E-state index in [9.17, 15) is 5.11 Å². The average Bonchev–Trinajstić information content (AvgIpc) is 2.46. The molecule has 0 amide bonds. The molecule has 0 heterocycles. The van der Waals surface area contributed by atoms with Crippen molar-refractivity contribution in [2.45, 2.75) is 19.1 Å². The Bertz CT molecular complexity index is 558. The van der Waals surface area contributed by atoms with Gasteiger partial charge in [-0.25, -0.2) is 0 Å². The summed E-state index contributed by atoms with van der Waals surface area (Å²) in [5.41, 5.74) is 7.69. The van der Waals surface area contributed by atoms with E-state index >= 15 is 0 Å². The molecule has 0 saturated carbocycles. The Hall–Kier alpha value is -1.36. The van der Waals surface area contributed by atoms with Gasteiger partial charge in [0.15, 0.2) is 0 Å². The van der Waals surface area contributed by atoms with Gasteiger partial charge in [-0.1, -0.05) is 46.3 Å². The highest BCUT2D eigenvalue weighted by Crippen LogP contribution is 2.28. The minimum absolute atomic E-state index is 0.128. The quantitative estimate of drug-likeness (QED) is 0.877. The van der Waals surface area contributed by atoms with Crippen LogP contribution in [0.25, 0.3) is 0 Å². The van der Waals surface area contributed by atoms with Crippen LogP contribution in [-0.4, -0.2) is 11.7 Å². The van der Waals surface area contributed by atoms with Crippen molar-refractivity contribution in [1.29, 1.82) is 0 Å². The van der Waals surface area contributed by atoms with Crippen LogP contribution in [0, 0.1) is 0 Å². The molecule has 1 unspecified atom stereocenters. The second-order valence-corrected chi connectivity index (χ2v) is 5.62. The van der Waals surface area contributed by atoms with Crippen molar-refractivity contribution >= 4 is 15.9 Å². The summed E-state index contributed by atoms with van der Waals surface area (Å²) < 4.78 is 6.68. The zero-order valence-electron chi connectivity index (χ0n) is 11.3. The predicted molar refractivity (Wildman–Crippen MR) is 83.6 cm³/mol. The summed E-state index contributed by atoms with van der Waals surface area (Å²) in [6, 6.07) is 15.0. The molecule has 2 aromatic rings. The predicted octanol–water partition coefficient (Wildman–Crippen LogP) is 3.58. The lowest BCUT2D eigenvalue weighted by Gasteiger charge is -2.17. The Kier molecular flexibility index (Phi) is 5.17. The topological polar surface area (TPSA) is 55.5 Å². The molecule has 0 aromatic heterocycles. The summed E-state index contributed by atoms with van der Waals surface area (Å²) in [4.78, 5) is 0. The Morgan fingerprint density at radius 2 is 1.90 bits per heavy atom. The number of halogens is 1. The largest absolute Gasteiger partial charge is 0.490 e. The number of rotatable bonds is 5. The fourth-order valence-electron chi connectivity index (χ4n) is 1.95. The van der Waals surface area contributed by atoms with Gasteiger partial charge in [0.25, 0.3) is 0 Å². The number of aliphatic hydroxyl groups excluding tert-OH is 1. The van der Waals surface area contributed by atoms with Gasteiger partial charge in [-0.15, -0.1) is 0 Å². The molecular weight excluding hydrogens is 318 g/mol. The molecule has 106 valence electrons. The van der Waals surface area contributed by atoms with Gasteiger partial charge >= 0.3 is 0 Å². The normalized spacial score (nSPS) is 13.8. The lowest BCUT2D eigenvalue weighted by Crippen LogP contribution is -2.13. The molecule has 0 spiro atoms. The van der Waals surface area contributed by atoms with Crippen molar-refractivity contribution in [2.75, 3.05) is 6.61 Å². The number of hydrogen-bond donors (Lipinski definition) is 2. The van der Waals surface area contributed by atoms with Gasteiger partial charge in [-0.3, -0.25) is 0 Å². The molecule has 3 N–H and O–H groups in total. The third-order valence-electron chi connectivity index (χ3n) is 3.04. The summed E-state index contributed by atoms with van der Waals surface area (Å²) in [6.45, 7) is 2.10. The molecular formula is C16H18BrNO2. The zero-order chi connectivity index (χ0) is 14.5. The summed E-state index contributed by atoms with van der Waals surface area (Å²) in [5.74, 6) is 0.707. The molecule has 0 aliphatic heterocycles. The summed E-state index contributed by atoms with van der Waals surface area (Å²) in [6.07, 6.45) is -0.652. The summed E-state index contributed by atoms with van der Waals surface area (Å²) >= 11 is 3.42. The Morgan fingerprint density at radius 1 is 1.20 bits per heavy atom. The Morgan fingerprint density at radius 3 is 2.55 bits per heavy atom. The molecule has 0 aliphatic rings. The first-order chi connectivity index (χ1) is 9.58. The van der Waals surface area contributed by atoms with Crippen molar-refractivity contribution < 1.29 is 9.84 Å². The summed E-state index contributed by atoms with van der Waals surface area (Å²) in [5, 5.41) is 10.1. The first-order valence-electron chi connectivity index (χ1n) is 6.48.